The fourth-order valence-corrected chi connectivity index (χ4v) is 3.46. The maximum Gasteiger partial charge on any atom is 0.226 e. The quantitative estimate of drug-likeness (QED) is 0.614. The van der Waals surface area contributed by atoms with Gasteiger partial charge in [0.05, 0.1) is 0 Å². The third-order valence-corrected chi connectivity index (χ3v) is 5.08. The zero-order valence-electron chi connectivity index (χ0n) is 16.1. The van der Waals surface area contributed by atoms with Gasteiger partial charge in [0.25, 0.3) is 0 Å². The van der Waals surface area contributed by atoms with Crippen LogP contribution in [0.25, 0.3) is 10.9 Å². The van der Waals surface area contributed by atoms with Gasteiger partial charge < -0.3 is 15.2 Å². The van der Waals surface area contributed by atoms with Crippen LogP contribution in [0.3, 0.4) is 0 Å². The first-order valence-electron chi connectivity index (χ1n) is 9.30. The van der Waals surface area contributed by atoms with E-state index in [9.17, 15) is 9.59 Å². The van der Waals surface area contributed by atoms with Crippen molar-refractivity contribution >= 4 is 40.0 Å². The number of aromatic amines is 1. The Morgan fingerprint density at radius 1 is 1.14 bits per heavy atom. The second-order valence-corrected chi connectivity index (χ2v) is 7.31. The van der Waals surface area contributed by atoms with Crippen LogP contribution in [0, 0.1) is 6.92 Å². The first-order valence-corrected chi connectivity index (χ1v) is 9.68. The summed E-state index contributed by atoms with van der Waals surface area (Å²) in [6.07, 6.45) is 2.97. The summed E-state index contributed by atoms with van der Waals surface area (Å²) < 4.78 is 0. The molecule has 2 amide bonds. The molecular weight excluding hydrogens is 374 g/mol. The van der Waals surface area contributed by atoms with Crippen LogP contribution in [-0.2, 0) is 16.0 Å². The van der Waals surface area contributed by atoms with Gasteiger partial charge in [-0.05, 0) is 48.7 Å². The highest BCUT2D eigenvalue weighted by Gasteiger charge is 2.13. The Bertz CT molecular complexity index is 996. The van der Waals surface area contributed by atoms with Crippen molar-refractivity contribution in [2.75, 3.05) is 18.4 Å². The number of anilines is 1. The fourth-order valence-electron chi connectivity index (χ4n) is 3.24. The molecule has 2 aromatic carbocycles. The van der Waals surface area contributed by atoms with Crippen LogP contribution in [0.15, 0.2) is 48.7 Å². The van der Waals surface area contributed by atoms with E-state index in [2.05, 4.69) is 16.4 Å². The summed E-state index contributed by atoms with van der Waals surface area (Å²) in [6.45, 7) is 4.39. The molecule has 0 aliphatic carbocycles. The molecule has 28 heavy (non-hydrogen) atoms. The number of aromatic nitrogens is 1. The lowest BCUT2D eigenvalue weighted by Gasteiger charge is -2.21. The van der Waals surface area contributed by atoms with Crippen LogP contribution in [0.4, 0.5) is 5.69 Å². The minimum absolute atomic E-state index is 0.0321. The molecular formula is C22H24ClN3O2. The third-order valence-electron chi connectivity index (χ3n) is 4.84. The number of nitrogens with zero attached hydrogens (tertiary/aromatic N) is 1. The molecule has 2 N–H and O–H groups in total. The van der Waals surface area contributed by atoms with Crippen molar-refractivity contribution < 1.29 is 9.59 Å². The molecule has 0 bridgehead atoms. The highest BCUT2D eigenvalue weighted by molar-refractivity contribution is 6.30. The van der Waals surface area contributed by atoms with E-state index >= 15 is 0 Å². The largest absolute Gasteiger partial charge is 0.361 e. The highest BCUT2D eigenvalue weighted by atomic mass is 35.5. The number of carbonyl (C=O) groups excluding carboxylic acids is 2. The number of benzene rings is 2. The van der Waals surface area contributed by atoms with Gasteiger partial charge in [0.1, 0.15) is 0 Å². The molecule has 3 aromatic rings. The van der Waals surface area contributed by atoms with Gasteiger partial charge in [0.15, 0.2) is 0 Å². The van der Waals surface area contributed by atoms with Crippen molar-refractivity contribution in [1.82, 2.24) is 9.88 Å². The van der Waals surface area contributed by atoms with Crippen molar-refractivity contribution in [2.45, 2.75) is 26.7 Å². The Morgan fingerprint density at radius 3 is 2.68 bits per heavy atom. The topological polar surface area (TPSA) is 65.2 Å². The summed E-state index contributed by atoms with van der Waals surface area (Å²) >= 11 is 5.95. The predicted octanol–water partition coefficient (Wildman–Crippen LogP) is 4.55. The average Bonchev–Trinajstić information content (AvgIpc) is 3.07. The molecule has 0 saturated carbocycles. The van der Waals surface area contributed by atoms with Gasteiger partial charge in [-0.3, -0.25) is 9.59 Å². The number of para-hydroxylation sites is 1. The highest BCUT2D eigenvalue weighted by Crippen LogP contribution is 2.20. The molecule has 0 aliphatic rings. The number of hydrogen-bond acceptors (Lipinski definition) is 2. The molecule has 0 unspecified atom stereocenters. The number of hydrogen-bond donors (Lipinski definition) is 2. The van der Waals surface area contributed by atoms with Crippen LogP contribution in [0.5, 0.6) is 0 Å². The molecule has 6 heteroatoms. The van der Waals surface area contributed by atoms with Crippen LogP contribution in [-0.4, -0.2) is 34.8 Å². The van der Waals surface area contributed by atoms with Gasteiger partial charge in [-0.2, -0.15) is 0 Å². The molecule has 0 aliphatic heterocycles. The Hall–Kier alpha value is -2.79. The molecule has 0 spiro atoms. The van der Waals surface area contributed by atoms with Gasteiger partial charge >= 0.3 is 0 Å². The van der Waals surface area contributed by atoms with E-state index < -0.39 is 0 Å². The molecule has 0 saturated heterocycles. The molecule has 1 aromatic heterocycles. The predicted molar refractivity (Wildman–Crippen MR) is 114 cm³/mol. The summed E-state index contributed by atoms with van der Waals surface area (Å²) in [4.78, 5) is 29.3. The number of H-pyrrole nitrogens is 1. The van der Waals surface area contributed by atoms with Crippen molar-refractivity contribution in [1.29, 1.82) is 0 Å². The molecule has 1 heterocycles. The Kier molecular flexibility index (Phi) is 6.37. The van der Waals surface area contributed by atoms with E-state index in [1.807, 2.05) is 31.3 Å². The van der Waals surface area contributed by atoms with Gasteiger partial charge in [-0.1, -0.05) is 29.8 Å². The van der Waals surface area contributed by atoms with Crippen LogP contribution in [0.1, 0.15) is 24.5 Å². The lowest BCUT2D eigenvalue weighted by molar-refractivity contribution is -0.129. The summed E-state index contributed by atoms with van der Waals surface area (Å²) in [6, 6.07) is 13.4. The zero-order chi connectivity index (χ0) is 20.1. The van der Waals surface area contributed by atoms with Crippen molar-refractivity contribution in [3.8, 4) is 0 Å². The Balaban J connectivity index is 1.55. The zero-order valence-corrected chi connectivity index (χ0v) is 16.8. The van der Waals surface area contributed by atoms with E-state index in [-0.39, 0.29) is 18.2 Å². The second-order valence-electron chi connectivity index (χ2n) is 6.87. The van der Waals surface area contributed by atoms with E-state index in [0.717, 1.165) is 23.2 Å². The normalized spacial score (nSPS) is 10.8. The maximum absolute atomic E-state index is 12.3. The van der Waals surface area contributed by atoms with Crippen LogP contribution >= 0.6 is 11.6 Å². The minimum atomic E-state index is -0.122. The summed E-state index contributed by atoms with van der Waals surface area (Å²) in [7, 11) is 0. The molecule has 0 atom stereocenters. The number of carbonyl (C=O) groups is 2. The molecule has 3 rings (SSSR count). The summed E-state index contributed by atoms with van der Waals surface area (Å²) in [5.41, 5.74) is 3.90. The third kappa shape index (κ3) is 4.93. The van der Waals surface area contributed by atoms with E-state index in [4.69, 9.17) is 11.6 Å². The number of rotatable bonds is 7. The number of amides is 2. The standard InChI is InChI=1S/C22H24ClN3O2/c1-15-13-18(23)7-8-20(15)25-22(28)10-12-26(16(2)27)11-9-17-14-24-21-6-4-3-5-19(17)21/h3-8,13-14,24H,9-12H2,1-2H3,(H,25,28). The number of nitrogens with one attached hydrogen (secondary N) is 2. The Morgan fingerprint density at radius 2 is 1.93 bits per heavy atom. The lowest BCUT2D eigenvalue weighted by atomic mass is 10.1. The number of halogens is 1. The van der Waals surface area contributed by atoms with E-state index in [0.29, 0.717) is 18.1 Å². The van der Waals surface area contributed by atoms with Crippen LogP contribution < -0.4 is 5.32 Å². The summed E-state index contributed by atoms with van der Waals surface area (Å²) in [5.74, 6) is -0.154. The van der Waals surface area contributed by atoms with E-state index in [1.54, 1.807) is 23.1 Å². The molecule has 0 radical (unpaired) electrons. The minimum Gasteiger partial charge on any atom is -0.361 e. The maximum atomic E-state index is 12.3. The van der Waals surface area contributed by atoms with Gasteiger partial charge in [-0.25, -0.2) is 0 Å². The van der Waals surface area contributed by atoms with E-state index in [1.165, 1.54) is 17.9 Å². The smallest absolute Gasteiger partial charge is 0.226 e. The first kappa shape index (κ1) is 20.0. The van der Waals surface area contributed by atoms with Crippen molar-refractivity contribution in [2.24, 2.45) is 0 Å². The number of aryl methyl sites for hydroxylation is 1. The van der Waals surface area contributed by atoms with Gasteiger partial charge in [0.2, 0.25) is 11.8 Å². The average molecular weight is 398 g/mol. The summed E-state index contributed by atoms with van der Waals surface area (Å²) in [5, 5.41) is 4.69. The number of fused-ring (bicyclic) bond motifs is 1. The van der Waals surface area contributed by atoms with Crippen molar-refractivity contribution in [3.05, 3.63) is 64.8 Å². The molecule has 146 valence electrons. The SMILES string of the molecule is CC(=O)N(CCC(=O)Nc1ccc(Cl)cc1C)CCc1c[nH]c2ccccc12. The monoisotopic (exact) mass is 397 g/mol. The lowest BCUT2D eigenvalue weighted by Crippen LogP contribution is -2.33. The van der Waals surface area contributed by atoms with Crippen molar-refractivity contribution in [3.63, 3.8) is 0 Å². The fraction of sp³-hybridized carbons (Fsp3) is 0.273. The van der Waals surface area contributed by atoms with Crippen LogP contribution in [0.2, 0.25) is 5.02 Å². The Labute approximate surface area is 169 Å². The second kappa shape index (κ2) is 8.93. The first-order chi connectivity index (χ1) is 13.4. The molecule has 5 nitrogen and oxygen atoms in total. The van der Waals surface area contributed by atoms with Gasteiger partial charge in [0, 0.05) is 54.2 Å². The van der Waals surface area contributed by atoms with Gasteiger partial charge in [-0.15, -0.1) is 0 Å². The molecule has 0 fully saturated rings.